The van der Waals surface area contributed by atoms with Crippen molar-refractivity contribution < 1.29 is 0 Å². The molecule has 0 aliphatic carbocycles. The van der Waals surface area contributed by atoms with Crippen LogP contribution in [-0.2, 0) is 0 Å². The standard InChI is InChI=1S/C12H12P2.2C2H6/c13-11-7-3-1-5-9(11)10-6-2-4-8-12(10)14;2*1-2/h1-8H,13-14H2;2*1-2H3. The molecule has 0 N–H and O–H groups in total. The van der Waals surface area contributed by atoms with Crippen LogP contribution in [-0.4, -0.2) is 0 Å². The maximum atomic E-state index is 2.77. The average molecular weight is 278 g/mol. The summed E-state index contributed by atoms with van der Waals surface area (Å²) in [5.74, 6) is 0. The van der Waals surface area contributed by atoms with Gasteiger partial charge in [0.25, 0.3) is 0 Å². The second-order valence-electron chi connectivity index (χ2n) is 3.17. The normalized spacial score (nSPS) is 8.56. The van der Waals surface area contributed by atoms with Crippen LogP contribution in [0.4, 0.5) is 0 Å². The van der Waals surface area contributed by atoms with Crippen LogP contribution in [0.15, 0.2) is 48.5 Å². The van der Waals surface area contributed by atoms with E-state index in [4.69, 9.17) is 0 Å². The van der Waals surface area contributed by atoms with Crippen LogP contribution in [0.25, 0.3) is 11.1 Å². The molecule has 0 fully saturated rings. The Kier molecular flexibility index (Phi) is 9.85. The molecule has 0 saturated heterocycles. The highest BCUT2D eigenvalue weighted by molar-refractivity contribution is 7.29. The summed E-state index contributed by atoms with van der Waals surface area (Å²) in [4.78, 5) is 0. The van der Waals surface area contributed by atoms with Crippen molar-refractivity contribution >= 4 is 29.1 Å². The van der Waals surface area contributed by atoms with E-state index in [2.05, 4.69) is 67.0 Å². The maximum Gasteiger partial charge on any atom is -0.0106 e. The van der Waals surface area contributed by atoms with Gasteiger partial charge in [0.15, 0.2) is 0 Å². The number of hydrogen-bond donors (Lipinski definition) is 0. The zero-order valence-electron chi connectivity index (χ0n) is 11.8. The monoisotopic (exact) mass is 278 g/mol. The molecule has 0 heterocycles. The van der Waals surface area contributed by atoms with Gasteiger partial charge in [-0.05, 0) is 21.7 Å². The van der Waals surface area contributed by atoms with E-state index in [1.165, 1.54) is 21.7 Å². The molecule has 2 atom stereocenters. The minimum absolute atomic E-state index is 1.24. The molecule has 0 aliphatic heterocycles. The van der Waals surface area contributed by atoms with Crippen molar-refractivity contribution in [3.63, 3.8) is 0 Å². The second kappa shape index (κ2) is 10.2. The first-order chi connectivity index (χ1) is 8.79. The summed E-state index contributed by atoms with van der Waals surface area (Å²) in [5.41, 5.74) is 2.56. The maximum absolute atomic E-state index is 2.77. The fourth-order valence-corrected chi connectivity index (χ4v) is 2.21. The fourth-order valence-electron chi connectivity index (χ4n) is 1.48. The second-order valence-corrected chi connectivity index (χ2v) is 4.42. The van der Waals surface area contributed by atoms with E-state index in [9.17, 15) is 0 Å². The number of benzene rings is 2. The van der Waals surface area contributed by atoms with E-state index >= 15 is 0 Å². The van der Waals surface area contributed by atoms with Gasteiger partial charge >= 0.3 is 0 Å². The first-order valence-electron chi connectivity index (χ1n) is 6.48. The van der Waals surface area contributed by atoms with Crippen LogP contribution < -0.4 is 10.6 Å². The molecule has 2 aromatic rings. The van der Waals surface area contributed by atoms with Gasteiger partial charge in [-0.1, -0.05) is 76.2 Å². The van der Waals surface area contributed by atoms with Gasteiger partial charge in [0.05, 0.1) is 0 Å². The summed E-state index contributed by atoms with van der Waals surface area (Å²) < 4.78 is 0. The molecule has 0 nitrogen and oxygen atoms in total. The van der Waals surface area contributed by atoms with Crippen LogP contribution in [0.1, 0.15) is 27.7 Å². The summed E-state index contributed by atoms with van der Waals surface area (Å²) in [5, 5.41) is 2.48. The van der Waals surface area contributed by atoms with Gasteiger partial charge in [0.2, 0.25) is 0 Å². The highest BCUT2D eigenvalue weighted by Crippen LogP contribution is 2.18. The third-order valence-corrected chi connectivity index (χ3v) is 3.22. The largest absolute Gasteiger partial charge is 0.105 e. The van der Waals surface area contributed by atoms with E-state index in [-0.39, 0.29) is 0 Å². The SMILES string of the molecule is CC.CC.Pc1ccccc1-c1ccccc1P. The summed E-state index contributed by atoms with van der Waals surface area (Å²) in [6, 6.07) is 16.7. The minimum Gasteiger partial charge on any atom is -0.105 e. The topological polar surface area (TPSA) is 0 Å². The Balaban J connectivity index is 0.000000659. The van der Waals surface area contributed by atoms with Crippen molar-refractivity contribution in [1.29, 1.82) is 0 Å². The predicted octanol–water partition coefficient (Wildman–Crippen LogP) is 4.41. The lowest BCUT2D eigenvalue weighted by molar-refractivity contribution is 1.50. The molecular formula is C16H24P2. The fraction of sp³-hybridized carbons (Fsp3) is 0.250. The zero-order chi connectivity index (χ0) is 14.0. The molecule has 18 heavy (non-hydrogen) atoms. The lowest BCUT2D eigenvalue weighted by Crippen LogP contribution is -2.02. The van der Waals surface area contributed by atoms with Gasteiger partial charge in [-0.3, -0.25) is 0 Å². The lowest BCUT2D eigenvalue weighted by atomic mass is 10.1. The molecule has 0 saturated carbocycles. The Morgan fingerprint density at radius 1 is 0.556 bits per heavy atom. The van der Waals surface area contributed by atoms with Gasteiger partial charge in [-0.2, -0.15) is 0 Å². The molecule has 2 unspecified atom stereocenters. The van der Waals surface area contributed by atoms with Crippen LogP contribution >= 0.6 is 18.5 Å². The van der Waals surface area contributed by atoms with Crippen LogP contribution in [0.3, 0.4) is 0 Å². The molecule has 98 valence electrons. The quantitative estimate of drug-likeness (QED) is 0.678. The molecule has 0 aromatic heterocycles. The highest BCUT2D eigenvalue weighted by Gasteiger charge is 2.02. The van der Waals surface area contributed by atoms with Gasteiger partial charge in [0.1, 0.15) is 0 Å². The van der Waals surface area contributed by atoms with Crippen molar-refractivity contribution in [1.82, 2.24) is 0 Å². The summed E-state index contributed by atoms with van der Waals surface area (Å²) in [7, 11) is 5.55. The van der Waals surface area contributed by atoms with Gasteiger partial charge in [-0.15, -0.1) is 18.5 Å². The molecule has 0 bridgehead atoms. The van der Waals surface area contributed by atoms with E-state index in [0.29, 0.717) is 0 Å². The molecule has 2 aromatic carbocycles. The zero-order valence-corrected chi connectivity index (χ0v) is 14.1. The van der Waals surface area contributed by atoms with Crippen LogP contribution in [0.2, 0.25) is 0 Å². The lowest BCUT2D eigenvalue weighted by Gasteiger charge is -2.07. The first-order valence-corrected chi connectivity index (χ1v) is 7.64. The van der Waals surface area contributed by atoms with Gasteiger partial charge < -0.3 is 0 Å². The van der Waals surface area contributed by atoms with Crippen molar-refractivity contribution in [2.75, 3.05) is 0 Å². The van der Waals surface area contributed by atoms with Crippen LogP contribution in [0, 0.1) is 0 Å². The Labute approximate surface area is 117 Å². The highest BCUT2D eigenvalue weighted by atomic mass is 31.0. The molecule has 0 radical (unpaired) electrons. The summed E-state index contributed by atoms with van der Waals surface area (Å²) >= 11 is 0. The molecule has 0 spiro atoms. The number of hydrogen-bond acceptors (Lipinski definition) is 0. The van der Waals surface area contributed by atoms with E-state index in [1.807, 2.05) is 27.7 Å². The van der Waals surface area contributed by atoms with Crippen molar-refractivity contribution in [3.8, 4) is 11.1 Å². The molecule has 2 heteroatoms. The van der Waals surface area contributed by atoms with Gasteiger partial charge in [0, 0.05) is 0 Å². The van der Waals surface area contributed by atoms with Crippen molar-refractivity contribution in [2.24, 2.45) is 0 Å². The molecular weight excluding hydrogens is 254 g/mol. The van der Waals surface area contributed by atoms with E-state index in [0.717, 1.165) is 0 Å². The Hall–Kier alpha value is -0.700. The third kappa shape index (κ3) is 4.89. The Morgan fingerprint density at radius 3 is 1.11 bits per heavy atom. The van der Waals surface area contributed by atoms with Gasteiger partial charge in [-0.25, -0.2) is 0 Å². The first kappa shape index (κ1) is 17.3. The van der Waals surface area contributed by atoms with Crippen molar-refractivity contribution in [2.45, 2.75) is 27.7 Å². The Bertz CT molecular complexity index is 407. The Morgan fingerprint density at radius 2 is 0.833 bits per heavy atom. The third-order valence-electron chi connectivity index (χ3n) is 2.21. The summed E-state index contributed by atoms with van der Waals surface area (Å²) in [6.45, 7) is 8.00. The minimum atomic E-state index is 1.24. The number of rotatable bonds is 1. The average Bonchev–Trinajstić information content (AvgIpc) is 2.45. The van der Waals surface area contributed by atoms with E-state index < -0.39 is 0 Å². The molecule has 0 amide bonds. The molecule has 0 aliphatic rings. The smallest absolute Gasteiger partial charge is 0.0106 e. The van der Waals surface area contributed by atoms with Crippen LogP contribution in [0.5, 0.6) is 0 Å². The predicted molar refractivity (Wildman–Crippen MR) is 93.3 cm³/mol. The van der Waals surface area contributed by atoms with E-state index in [1.54, 1.807) is 0 Å². The molecule has 2 rings (SSSR count). The van der Waals surface area contributed by atoms with Crippen molar-refractivity contribution in [3.05, 3.63) is 48.5 Å². The summed E-state index contributed by atoms with van der Waals surface area (Å²) in [6.07, 6.45) is 0.